The van der Waals surface area contributed by atoms with Crippen LogP contribution in [0.5, 0.6) is 5.75 Å². The monoisotopic (exact) mass is 492 g/mol. The molecule has 0 amide bonds. The van der Waals surface area contributed by atoms with Gasteiger partial charge in [-0.05, 0) is 93.0 Å². The second-order valence-electron chi connectivity index (χ2n) is 10.4. The third-order valence-corrected chi connectivity index (χ3v) is 7.75. The van der Waals surface area contributed by atoms with Crippen molar-refractivity contribution in [3.8, 4) is 16.9 Å². The zero-order chi connectivity index (χ0) is 25.2. The van der Waals surface area contributed by atoms with Gasteiger partial charge in [0.2, 0.25) is 0 Å². The van der Waals surface area contributed by atoms with E-state index < -0.39 is 29.5 Å². The van der Waals surface area contributed by atoms with Crippen molar-refractivity contribution in [1.29, 1.82) is 0 Å². The maximum atomic E-state index is 14.9. The first kappa shape index (κ1) is 25.7. The summed E-state index contributed by atoms with van der Waals surface area (Å²) in [5.74, 6) is -2.01. The van der Waals surface area contributed by atoms with Crippen molar-refractivity contribution < 1.29 is 26.7 Å². The van der Waals surface area contributed by atoms with Crippen LogP contribution in [0.4, 0.5) is 22.0 Å². The van der Waals surface area contributed by atoms with E-state index in [2.05, 4.69) is 19.1 Å². The smallest absolute Gasteiger partial charge is 0.400 e. The van der Waals surface area contributed by atoms with Crippen LogP contribution in [0.1, 0.15) is 63.9 Å². The van der Waals surface area contributed by atoms with Crippen LogP contribution in [0.15, 0.2) is 42.5 Å². The molecule has 190 valence electrons. The molecule has 0 aliphatic heterocycles. The molecule has 0 N–H and O–H groups in total. The summed E-state index contributed by atoms with van der Waals surface area (Å²) in [5.41, 5.74) is -0.253. The predicted octanol–water partition coefficient (Wildman–Crippen LogP) is 9.24. The van der Waals surface area contributed by atoms with E-state index in [9.17, 15) is 22.0 Å². The van der Waals surface area contributed by atoms with Gasteiger partial charge in [-0.3, -0.25) is 0 Å². The van der Waals surface area contributed by atoms with Gasteiger partial charge in [0.25, 0.3) is 0 Å². The lowest BCUT2D eigenvalue weighted by Crippen LogP contribution is -2.37. The van der Waals surface area contributed by atoms with Crippen LogP contribution in [0, 0.1) is 48.0 Å². The van der Waals surface area contributed by atoms with Crippen molar-refractivity contribution in [3.05, 3.63) is 65.5 Å². The maximum Gasteiger partial charge on any atom is 0.400 e. The molecule has 0 saturated heterocycles. The van der Waals surface area contributed by atoms with Gasteiger partial charge in [-0.15, -0.1) is 0 Å². The zero-order valence-corrected chi connectivity index (χ0v) is 20.3. The van der Waals surface area contributed by atoms with Crippen molar-refractivity contribution in [3.63, 3.8) is 0 Å². The lowest BCUT2D eigenvalue weighted by atomic mass is 9.79. The molecule has 35 heavy (non-hydrogen) atoms. The molecule has 2 saturated carbocycles. The SMILES string of the molecule is Cc1c(F)cc(-c2ccc(OC(F)(F)C3CCC(/C=C/C4CCC(C)CC4)CC3)cc2F)cc1F. The van der Waals surface area contributed by atoms with Gasteiger partial charge in [-0.2, -0.15) is 8.78 Å². The highest BCUT2D eigenvalue weighted by atomic mass is 19.3. The summed E-state index contributed by atoms with van der Waals surface area (Å²) in [6, 6.07) is 5.30. The molecule has 2 aliphatic rings. The van der Waals surface area contributed by atoms with Gasteiger partial charge in [0.1, 0.15) is 23.2 Å². The largest absolute Gasteiger partial charge is 0.432 e. The fourth-order valence-corrected chi connectivity index (χ4v) is 5.27. The Balaban J connectivity index is 1.35. The quantitative estimate of drug-likeness (QED) is 0.288. The normalized spacial score (nSPS) is 25.7. The average molecular weight is 493 g/mol. The molecular formula is C29H33F5O. The van der Waals surface area contributed by atoms with Crippen LogP contribution in [0.25, 0.3) is 11.1 Å². The van der Waals surface area contributed by atoms with E-state index in [0.717, 1.165) is 24.1 Å². The van der Waals surface area contributed by atoms with Crippen molar-refractivity contribution in [2.75, 3.05) is 0 Å². The topological polar surface area (TPSA) is 9.23 Å². The van der Waals surface area contributed by atoms with E-state index in [-0.39, 0.29) is 22.4 Å². The molecule has 2 aliphatic carbocycles. The Labute approximate surface area is 204 Å². The van der Waals surface area contributed by atoms with E-state index in [0.29, 0.717) is 37.5 Å². The number of ether oxygens (including phenoxy) is 1. The van der Waals surface area contributed by atoms with Crippen molar-refractivity contribution >= 4 is 0 Å². The van der Waals surface area contributed by atoms with E-state index >= 15 is 0 Å². The number of benzene rings is 2. The summed E-state index contributed by atoms with van der Waals surface area (Å²) in [7, 11) is 0. The number of alkyl halides is 2. The number of allylic oxidation sites excluding steroid dienone is 2. The second kappa shape index (κ2) is 10.7. The molecule has 0 heterocycles. The fraction of sp³-hybridized carbons (Fsp3) is 0.517. The molecule has 0 spiro atoms. The standard InChI is InChI=1S/C29H33F5O/c1-18-3-5-20(6-4-18)7-8-21-9-11-23(12-10-21)29(33,34)35-24-13-14-25(28(32)17-24)22-15-26(30)19(2)27(31)16-22/h7-8,13-18,20-21,23H,3-6,9-12H2,1-2H3/b8-7+. The lowest BCUT2D eigenvalue weighted by Gasteiger charge is -2.32. The molecule has 0 radical (unpaired) electrons. The highest BCUT2D eigenvalue weighted by Gasteiger charge is 2.43. The van der Waals surface area contributed by atoms with Gasteiger partial charge in [0.15, 0.2) is 0 Å². The summed E-state index contributed by atoms with van der Waals surface area (Å²) >= 11 is 0. The van der Waals surface area contributed by atoms with Crippen molar-refractivity contribution in [2.24, 2.45) is 23.7 Å². The van der Waals surface area contributed by atoms with Gasteiger partial charge in [0, 0.05) is 17.2 Å². The minimum atomic E-state index is -3.43. The van der Waals surface area contributed by atoms with Gasteiger partial charge >= 0.3 is 6.11 Å². The van der Waals surface area contributed by atoms with Crippen molar-refractivity contribution in [1.82, 2.24) is 0 Å². The Morgan fingerprint density at radius 3 is 1.86 bits per heavy atom. The van der Waals surface area contributed by atoms with E-state index in [4.69, 9.17) is 4.74 Å². The summed E-state index contributed by atoms with van der Waals surface area (Å²) in [5, 5.41) is 0. The Kier molecular flexibility index (Phi) is 7.87. The molecule has 6 heteroatoms. The minimum absolute atomic E-state index is 0.00414. The Morgan fingerprint density at radius 2 is 1.31 bits per heavy atom. The average Bonchev–Trinajstić information content (AvgIpc) is 2.82. The van der Waals surface area contributed by atoms with E-state index in [1.54, 1.807) is 0 Å². The molecule has 0 unspecified atom stereocenters. The van der Waals surface area contributed by atoms with Crippen LogP contribution in [0.3, 0.4) is 0 Å². The number of hydrogen-bond acceptors (Lipinski definition) is 1. The first-order valence-corrected chi connectivity index (χ1v) is 12.6. The molecular weight excluding hydrogens is 459 g/mol. The molecule has 2 aromatic carbocycles. The molecule has 0 aromatic heterocycles. The van der Waals surface area contributed by atoms with Crippen LogP contribution in [-0.2, 0) is 0 Å². The van der Waals surface area contributed by atoms with E-state index in [1.165, 1.54) is 44.7 Å². The van der Waals surface area contributed by atoms with E-state index in [1.807, 2.05) is 0 Å². The molecule has 4 rings (SSSR count). The van der Waals surface area contributed by atoms with Gasteiger partial charge in [0.05, 0.1) is 5.92 Å². The highest BCUT2D eigenvalue weighted by molar-refractivity contribution is 5.65. The molecule has 1 nitrogen and oxygen atoms in total. The fourth-order valence-electron chi connectivity index (χ4n) is 5.27. The van der Waals surface area contributed by atoms with Crippen LogP contribution in [-0.4, -0.2) is 6.11 Å². The predicted molar refractivity (Wildman–Crippen MR) is 128 cm³/mol. The Morgan fingerprint density at radius 1 is 0.771 bits per heavy atom. The lowest BCUT2D eigenvalue weighted by molar-refractivity contribution is -0.223. The van der Waals surface area contributed by atoms with Gasteiger partial charge in [-0.1, -0.05) is 31.9 Å². The summed E-state index contributed by atoms with van der Waals surface area (Å²) < 4.78 is 77.1. The Hall–Kier alpha value is -2.37. The zero-order valence-electron chi connectivity index (χ0n) is 20.3. The first-order chi connectivity index (χ1) is 16.6. The molecule has 2 fully saturated rings. The molecule has 2 aromatic rings. The third-order valence-electron chi connectivity index (χ3n) is 7.75. The van der Waals surface area contributed by atoms with Gasteiger partial charge in [-0.25, -0.2) is 13.2 Å². The highest BCUT2D eigenvalue weighted by Crippen LogP contribution is 2.41. The first-order valence-electron chi connectivity index (χ1n) is 12.6. The third kappa shape index (κ3) is 6.25. The van der Waals surface area contributed by atoms with Crippen molar-refractivity contribution in [2.45, 2.75) is 71.3 Å². The molecule has 0 atom stereocenters. The second-order valence-corrected chi connectivity index (χ2v) is 10.4. The van der Waals surface area contributed by atoms with Crippen LogP contribution < -0.4 is 4.74 Å². The minimum Gasteiger partial charge on any atom is -0.432 e. The number of rotatable bonds is 6. The summed E-state index contributed by atoms with van der Waals surface area (Å²) in [6.45, 7) is 3.57. The maximum absolute atomic E-state index is 14.9. The molecule has 0 bridgehead atoms. The number of halogens is 5. The summed E-state index contributed by atoms with van der Waals surface area (Å²) in [6.07, 6.45) is 8.06. The number of hydrogen-bond donors (Lipinski definition) is 0. The van der Waals surface area contributed by atoms with Gasteiger partial charge < -0.3 is 4.74 Å². The Bertz CT molecular complexity index is 1020. The summed E-state index contributed by atoms with van der Waals surface area (Å²) in [4.78, 5) is 0. The van der Waals surface area contributed by atoms with Crippen LogP contribution in [0.2, 0.25) is 0 Å². The van der Waals surface area contributed by atoms with Crippen LogP contribution >= 0.6 is 0 Å².